The summed E-state index contributed by atoms with van der Waals surface area (Å²) in [7, 11) is 0. The molecular weight excluding hydrogens is 318 g/mol. The molecule has 1 heterocycles. The topological polar surface area (TPSA) is 111 Å². The van der Waals surface area contributed by atoms with Crippen molar-refractivity contribution in [2.24, 2.45) is 10.2 Å². The van der Waals surface area contributed by atoms with Crippen LogP contribution in [-0.2, 0) is 16.0 Å². The highest BCUT2D eigenvalue weighted by Gasteiger charge is 2.32. The monoisotopic (exact) mass is 333 g/mol. The predicted octanol–water partition coefficient (Wildman–Crippen LogP) is 1.52. The second-order valence-electron chi connectivity index (χ2n) is 4.72. The molecule has 1 aromatic carbocycles. The Labute approximate surface area is 136 Å². The largest absolute Gasteiger partial charge is 0.508 e. The van der Waals surface area contributed by atoms with Crippen LogP contribution in [0, 0.1) is 0 Å². The molecule has 0 aromatic heterocycles. The third-order valence-electron chi connectivity index (χ3n) is 2.96. The van der Waals surface area contributed by atoms with Crippen molar-refractivity contribution in [3.05, 3.63) is 42.0 Å². The minimum absolute atomic E-state index is 0.184. The molecule has 8 heteroatoms. The van der Waals surface area contributed by atoms with Gasteiger partial charge in [0.1, 0.15) is 11.0 Å². The molecule has 0 bridgehead atoms. The van der Waals surface area contributed by atoms with Gasteiger partial charge in [-0.15, -0.1) is 11.7 Å². The number of amides is 1. The number of phenolic OH excluding ortho intramolecular Hbond substituents is 1. The van der Waals surface area contributed by atoms with Crippen LogP contribution < -0.4 is 5.32 Å². The molecule has 1 fully saturated rings. The highest BCUT2D eigenvalue weighted by Crippen LogP contribution is 2.22. The van der Waals surface area contributed by atoms with E-state index in [-0.39, 0.29) is 23.2 Å². The molecule has 1 amide bonds. The SMILES string of the molecule is C=CCc1cc(C=NN=C2NC(=O)C(CC(=O)O)S2)ccc1O. The molecule has 1 atom stereocenters. The van der Waals surface area contributed by atoms with Crippen LogP contribution in [0.2, 0.25) is 0 Å². The first-order valence-electron chi connectivity index (χ1n) is 6.72. The Morgan fingerprint density at radius 1 is 1.48 bits per heavy atom. The second kappa shape index (κ2) is 7.59. The number of phenols is 1. The normalized spacial score (nSPS) is 19.2. The lowest BCUT2D eigenvalue weighted by atomic mass is 10.1. The van der Waals surface area contributed by atoms with Gasteiger partial charge in [-0.2, -0.15) is 5.10 Å². The van der Waals surface area contributed by atoms with E-state index in [4.69, 9.17) is 5.11 Å². The number of carboxylic acids is 1. The van der Waals surface area contributed by atoms with E-state index in [1.165, 1.54) is 6.21 Å². The molecule has 23 heavy (non-hydrogen) atoms. The van der Waals surface area contributed by atoms with Crippen molar-refractivity contribution < 1.29 is 19.8 Å². The zero-order chi connectivity index (χ0) is 16.8. The van der Waals surface area contributed by atoms with Crippen LogP contribution in [-0.4, -0.2) is 38.7 Å². The fourth-order valence-corrected chi connectivity index (χ4v) is 2.81. The fourth-order valence-electron chi connectivity index (χ4n) is 1.90. The Morgan fingerprint density at radius 3 is 2.96 bits per heavy atom. The number of rotatable bonds is 6. The summed E-state index contributed by atoms with van der Waals surface area (Å²) < 4.78 is 0. The van der Waals surface area contributed by atoms with Gasteiger partial charge in [0.15, 0.2) is 5.17 Å². The number of nitrogens with one attached hydrogen (secondary N) is 1. The summed E-state index contributed by atoms with van der Waals surface area (Å²) in [4.78, 5) is 22.2. The zero-order valence-electron chi connectivity index (χ0n) is 12.1. The second-order valence-corrected chi connectivity index (χ2v) is 5.92. The maximum absolute atomic E-state index is 11.5. The molecule has 1 aromatic rings. The van der Waals surface area contributed by atoms with E-state index in [2.05, 4.69) is 22.1 Å². The van der Waals surface area contributed by atoms with Crippen LogP contribution in [0.25, 0.3) is 0 Å². The average molecular weight is 333 g/mol. The Balaban J connectivity index is 2.04. The van der Waals surface area contributed by atoms with Crippen LogP contribution in [0.1, 0.15) is 17.5 Å². The number of allylic oxidation sites excluding steroid dienone is 1. The van der Waals surface area contributed by atoms with Crippen LogP contribution in [0.5, 0.6) is 5.75 Å². The van der Waals surface area contributed by atoms with E-state index in [0.717, 1.165) is 22.9 Å². The summed E-state index contributed by atoms with van der Waals surface area (Å²) >= 11 is 1.04. The number of hydrogen-bond acceptors (Lipinski definition) is 6. The highest BCUT2D eigenvalue weighted by atomic mass is 32.2. The molecular formula is C15H15N3O4S. The lowest BCUT2D eigenvalue weighted by molar-refractivity contribution is -0.138. The van der Waals surface area contributed by atoms with E-state index >= 15 is 0 Å². The van der Waals surface area contributed by atoms with Gasteiger partial charge in [0, 0.05) is 0 Å². The van der Waals surface area contributed by atoms with Gasteiger partial charge < -0.3 is 15.5 Å². The van der Waals surface area contributed by atoms with Crippen LogP contribution in [0.3, 0.4) is 0 Å². The van der Waals surface area contributed by atoms with Crippen molar-refractivity contribution >= 4 is 35.0 Å². The number of aromatic hydroxyl groups is 1. The highest BCUT2D eigenvalue weighted by molar-refractivity contribution is 8.15. The van der Waals surface area contributed by atoms with Crippen molar-refractivity contribution in [1.29, 1.82) is 0 Å². The molecule has 1 aliphatic heterocycles. The summed E-state index contributed by atoms with van der Waals surface area (Å²) in [5, 5.41) is 28.2. The van der Waals surface area contributed by atoms with E-state index < -0.39 is 11.2 Å². The number of nitrogens with zero attached hydrogens (tertiary/aromatic N) is 2. The van der Waals surface area contributed by atoms with Crippen LogP contribution in [0.15, 0.2) is 41.1 Å². The van der Waals surface area contributed by atoms with Gasteiger partial charge in [-0.25, -0.2) is 0 Å². The quantitative estimate of drug-likeness (QED) is 0.415. The number of amidine groups is 1. The first kappa shape index (κ1) is 16.8. The maximum atomic E-state index is 11.5. The molecule has 0 spiro atoms. The third-order valence-corrected chi connectivity index (χ3v) is 4.03. The summed E-state index contributed by atoms with van der Waals surface area (Å²) in [5.41, 5.74) is 1.46. The van der Waals surface area contributed by atoms with Gasteiger partial charge in [-0.1, -0.05) is 17.8 Å². The summed E-state index contributed by atoms with van der Waals surface area (Å²) in [6.07, 6.45) is 3.44. The Morgan fingerprint density at radius 2 is 2.26 bits per heavy atom. The van der Waals surface area contributed by atoms with E-state index in [9.17, 15) is 14.7 Å². The summed E-state index contributed by atoms with van der Waals surface area (Å²) in [5.74, 6) is -1.24. The molecule has 0 aliphatic carbocycles. The summed E-state index contributed by atoms with van der Waals surface area (Å²) in [6, 6.07) is 5.00. The number of carbonyl (C=O) groups excluding carboxylic acids is 1. The van der Waals surface area contributed by atoms with Crippen LogP contribution >= 0.6 is 11.8 Å². The number of aliphatic carboxylic acids is 1. The standard InChI is InChI=1S/C15H15N3O4S/c1-2-3-10-6-9(4-5-11(10)19)8-16-18-15-17-14(22)12(23-15)7-13(20)21/h2,4-6,8,12,19H,1,3,7H2,(H,20,21)(H,17,18,22). The molecule has 1 aliphatic rings. The summed E-state index contributed by atoms with van der Waals surface area (Å²) in [6.45, 7) is 3.62. The van der Waals surface area contributed by atoms with Gasteiger partial charge in [-0.05, 0) is 35.7 Å². The molecule has 3 N–H and O–H groups in total. The molecule has 0 saturated carbocycles. The lowest BCUT2D eigenvalue weighted by Crippen LogP contribution is -2.26. The molecule has 2 rings (SSSR count). The number of hydrogen-bond donors (Lipinski definition) is 3. The number of benzene rings is 1. The van der Waals surface area contributed by atoms with Gasteiger partial charge in [0.25, 0.3) is 0 Å². The van der Waals surface area contributed by atoms with Crippen molar-refractivity contribution in [1.82, 2.24) is 5.32 Å². The van der Waals surface area contributed by atoms with Crippen LogP contribution in [0.4, 0.5) is 0 Å². The van der Waals surface area contributed by atoms with Crippen molar-refractivity contribution in [2.45, 2.75) is 18.1 Å². The van der Waals surface area contributed by atoms with Gasteiger partial charge in [0.05, 0.1) is 12.6 Å². The van der Waals surface area contributed by atoms with Crippen molar-refractivity contribution in [2.75, 3.05) is 0 Å². The van der Waals surface area contributed by atoms with Gasteiger partial charge in [-0.3, -0.25) is 9.59 Å². The molecule has 120 valence electrons. The molecule has 0 radical (unpaired) electrons. The Bertz CT molecular complexity index is 700. The maximum Gasteiger partial charge on any atom is 0.305 e. The Kier molecular flexibility index (Phi) is 5.53. The first-order valence-corrected chi connectivity index (χ1v) is 7.60. The average Bonchev–Trinajstić information content (AvgIpc) is 2.82. The zero-order valence-corrected chi connectivity index (χ0v) is 12.9. The van der Waals surface area contributed by atoms with E-state index in [1.807, 2.05) is 0 Å². The smallest absolute Gasteiger partial charge is 0.305 e. The first-order chi connectivity index (χ1) is 11.0. The van der Waals surface area contributed by atoms with Crippen molar-refractivity contribution in [3.8, 4) is 5.75 Å². The lowest BCUT2D eigenvalue weighted by Gasteiger charge is -2.02. The minimum atomic E-state index is -1.04. The van der Waals surface area contributed by atoms with E-state index in [1.54, 1.807) is 24.3 Å². The molecule has 1 saturated heterocycles. The van der Waals surface area contributed by atoms with Gasteiger partial charge >= 0.3 is 5.97 Å². The minimum Gasteiger partial charge on any atom is -0.508 e. The Hall–Kier alpha value is -2.61. The molecule has 7 nitrogen and oxygen atoms in total. The fraction of sp³-hybridized carbons (Fsp3) is 0.200. The molecule has 1 unspecified atom stereocenters. The number of thioether (sulfide) groups is 1. The van der Waals surface area contributed by atoms with Gasteiger partial charge in [0.2, 0.25) is 5.91 Å². The van der Waals surface area contributed by atoms with E-state index in [0.29, 0.717) is 6.42 Å². The number of carboxylic acid groups (broad SMARTS) is 1. The van der Waals surface area contributed by atoms with Crippen molar-refractivity contribution in [3.63, 3.8) is 0 Å². The number of carbonyl (C=O) groups is 2. The third kappa shape index (κ3) is 4.68. The predicted molar refractivity (Wildman–Crippen MR) is 88.8 cm³/mol.